The number of fused-ring (bicyclic) bond motifs is 1. The first kappa shape index (κ1) is 23.7. The fourth-order valence-electron chi connectivity index (χ4n) is 4.48. The molecule has 178 valence electrons. The largest absolute Gasteiger partial charge is 0.493 e. The van der Waals surface area contributed by atoms with Crippen LogP contribution in [0, 0.1) is 0 Å². The second-order valence-corrected chi connectivity index (χ2v) is 8.68. The van der Waals surface area contributed by atoms with Crippen molar-refractivity contribution in [2.75, 3.05) is 13.2 Å². The van der Waals surface area contributed by atoms with Crippen molar-refractivity contribution >= 4 is 5.97 Å². The minimum Gasteiger partial charge on any atom is -0.493 e. The van der Waals surface area contributed by atoms with Gasteiger partial charge in [0.15, 0.2) is 0 Å². The van der Waals surface area contributed by atoms with E-state index in [2.05, 4.69) is 19.1 Å². The molecular weight excluding hydrogens is 428 g/mol. The molecule has 0 unspecified atom stereocenters. The summed E-state index contributed by atoms with van der Waals surface area (Å²) in [6.07, 6.45) is 4.73. The molecule has 3 aromatic rings. The summed E-state index contributed by atoms with van der Waals surface area (Å²) in [6.45, 7) is 3.29. The molecule has 0 bridgehead atoms. The number of para-hydroxylation sites is 1. The minimum atomic E-state index is -0.737. The number of hydrogen-bond acceptors (Lipinski definition) is 4. The van der Waals surface area contributed by atoms with Gasteiger partial charge in [0.05, 0.1) is 19.6 Å². The molecule has 1 aliphatic rings. The standard InChI is InChI=1S/C29H32O5/c1-2-7-23-19-26(34-24-8-4-3-5-9-24)13-15-28(23)33-17-6-16-32-25-12-14-27-21(18-25)10-11-22(27)20-29(30)31/h3-5,8-9,12-15,18-19,22H,2,6-7,10-11,16-17,20H2,1H3,(H,30,31)/t22-/m0/s1. The minimum absolute atomic E-state index is 0.122. The average molecular weight is 461 g/mol. The van der Waals surface area contributed by atoms with Crippen molar-refractivity contribution in [3.8, 4) is 23.0 Å². The van der Waals surface area contributed by atoms with Crippen LogP contribution in [0.25, 0.3) is 0 Å². The summed E-state index contributed by atoms with van der Waals surface area (Å²) < 4.78 is 18.0. The highest BCUT2D eigenvalue weighted by atomic mass is 16.5. The zero-order chi connectivity index (χ0) is 23.8. The maximum atomic E-state index is 11.0. The van der Waals surface area contributed by atoms with Crippen LogP contribution in [0.4, 0.5) is 0 Å². The number of carboxylic acid groups (broad SMARTS) is 1. The number of carboxylic acids is 1. The van der Waals surface area contributed by atoms with Gasteiger partial charge < -0.3 is 19.3 Å². The molecule has 0 fully saturated rings. The first-order chi connectivity index (χ1) is 16.6. The lowest BCUT2D eigenvalue weighted by Crippen LogP contribution is -2.07. The second kappa shape index (κ2) is 11.6. The van der Waals surface area contributed by atoms with E-state index >= 15 is 0 Å². The smallest absolute Gasteiger partial charge is 0.303 e. The molecule has 0 radical (unpaired) electrons. The fraction of sp³-hybridized carbons (Fsp3) is 0.345. The van der Waals surface area contributed by atoms with E-state index in [0.717, 1.165) is 66.2 Å². The highest BCUT2D eigenvalue weighted by Crippen LogP contribution is 2.37. The first-order valence-corrected chi connectivity index (χ1v) is 12.1. The third-order valence-electron chi connectivity index (χ3n) is 6.08. The van der Waals surface area contributed by atoms with Crippen molar-refractivity contribution in [3.63, 3.8) is 0 Å². The molecule has 1 N–H and O–H groups in total. The van der Waals surface area contributed by atoms with Crippen LogP contribution in [-0.4, -0.2) is 24.3 Å². The van der Waals surface area contributed by atoms with E-state index in [0.29, 0.717) is 13.2 Å². The molecule has 34 heavy (non-hydrogen) atoms. The lowest BCUT2D eigenvalue weighted by Gasteiger charge is -2.14. The van der Waals surface area contributed by atoms with Crippen LogP contribution in [-0.2, 0) is 17.6 Å². The molecule has 0 aromatic heterocycles. The summed E-state index contributed by atoms with van der Waals surface area (Å²) in [7, 11) is 0. The number of hydrogen-bond donors (Lipinski definition) is 1. The third-order valence-corrected chi connectivity index (χ3v) is 6.08. The van der Waals surface area contributed by atoms with Gasteiger partial charge in [0, 0.05) is 6.42 Å². The van der Waals surface area contributed by atoms with Crippen molar-refractivity contribution in [1.29, 1.82) is 0 Å². The number of benzene rings is 3. The zero-order valence-electron chi connectivity index (χ0n) is 19.7. The summed E-state index contributed by atoms with van der Waals surface area (Å²) in [4.78, 5) is 11.0. The van der Waals surface area contributed by atoms with Gasteiger partial charge in [-0.05, 0) is 84.3 Å². The van der Waals surface area contributed by atoms with Crippen LogP contribution < -0.4 is 14.2 Å². The van der Waals surface area contributed by atoms with Gasteiger partial charge in [-0.1, -0.05) is 37.6 Å². The number of ether oxygens (including phenoxy) is 3. The monoisotopic (exact) mass is 460 g/mol. The maximum Gasteiger partial charge on any atom is 0.303 e. The molecule has 0 amide bonds. The van der Waals surface area contributed by atoms with E-state index in [4.69, 9.17) is 19.3 Å². The number of carbonyl (C=O) groups is 1. The third kappa shape index (κ3) is 6.31. The van der Waals surface area contributed by atoms with Crippen molar-refractivity contribution in [2.24, 2.45) is 0 Å². The van der Waals surface area contributed by atoms with Crippen molar-refractivity contribution in [3.05, 3.63) is 83.4 Å². The van der Waals surface area contributed by atoms with E-state index in [1.165, 1.54) is 5.56 Å². The van der Waals surface area contributed by atoms with Gasteiger partial charge in [0.25, 0.3) is 0 Å². The second-order valence-electron chi connectivity index (χ2n) is 8.68. The van der Waals surface area contributed by atoms with Gasteiger partial charge in [-0.2, -0.15) is 0 Å². The molecule has 5 nitrogen and oxygen atoms in total. The lowest BCUT2D eigenvalue weighted by atomic mass is 9.98. The van der Waals surface area contributed by atoms with Gasteiger partial charge in [-0.15, -0.1) is 0 Å². The molecule has 0 saturated heterocycles. The molecule has 3 aromatic carbocycles. The van der Waals surface area contributed by atoms with E-state index in [1.54, 1.807) is 0 Å². The van der Waals surface area contributed by atoms with Gasteiger partial charge in [-0.25, -0.2) is 0 Å². The zero-order valence-corrected chi connectivity index (χ0v) is 19.7. The molecule has 0 spiro atoms. The molecule has 0 heterocycles. The van der Waals surface area contributed by atoms with Gasteiger partial charge in [0.1, 0.15) is 23.0 Å². The summed E-state index contributed by atoms with van der Waals surface area (Å²) in [5.41, 5.74) is 3.51. The Kier molecular flexibility index (Phi) is 8.08. The number of aliphatic carboxylic acids is 1. The van der Waals surface area contributed by atoms with Crippen LogP contribution in [0.2, 0.25) is 0 Å². The normalized spacial score (nSPS) is 14.4. The first-order valence-electron chi connectivity index (χ1n) is 12.1. The Morgan fingerprint density at radius 3 is 2.53 bits per heavy atom. The van der Waals surface area contributed by atoms with Gasteiger partial charge >= 0.3 is 5.97 Å². The Balaban J connectivity index is 1.26. The summed E-state index contributed by atoms with van der Waals surface area (Å²) in [6, 6.07) is 21.8. The van der Waals surface area contributed by atoms with Crippen LogP contribution in [0.3, 0.4) is 0 Å². The van der Waals surface area contributed by atoms with Crippen molar-refractivity contribution < 1.29 is 24.1 Å². The Hall–Kier alpha value is -3.47. The predicted molar refractivity (Wildman–Crippen MR) is 132 cm³/mol. The molecule has 4 rings (SSSR count). The summed E-state index contributed by atoms with van der Waals surface area (Å²) >= 11 is 0. The topological polar surface area (TPSA) is 65.0 Å². The predicted octanol–water partition coefficient (Wildman–Crippen LogP) is 6.78. The number of rotatable bonds is 12. The van der Waals surface area contributed by atoms with E-state index in [-0.39, 0.29) is 12.3 Å². The Labute approximate surface area is 201 Å². The van der Waals surface area contributed by atoms with E-state index < -0.39 is 5.97 Å². The lowest BCUT2D eigenvalue weighted by molar-refractivity contribution is -0.137. The average Bonchev–Trinajstić information content (AvgIpc) is 3.22. The van der Waals surface area contributed by atoms with E-state index in [9.17, 15) is 4.79 Å². The highest BCUT2D eigenvalue weighted by molar-refractivity contribution is 5.68. The van der Waals surface area contributed by atoms with Crippen LogP contribution >= 0.6 is 0 Å². The molecule has 5 heteroatoms. The van der Waals surface area contributed by atoms with Crippen molar-refractivity contribution in [2.45, 2.75) is 51.4 Å². The van der Waals surface area contributed by atoms with Gasteiger partial charge in [-0.3, -0.25) is 4.79 Å². The summed E-state index contributed by atoms with van der Waals surface area (Å²) in [5.74, 6) is 2.75. The fourth-order valence-corrected chi connectivity index (χ4v) is 4.48. The maximum absolute atomic E-state index is 11.0. The number of aryl methyl sites for hydroxylation is 2. The Bertz CT molecular complexity index is 1090. The van der Waals surface area contributed by atoms with Gasteiger partial charge in [0.2, 0.25) is 0 Å². The summed E-state index contributed by atoms with van der Waals surface area (Å²) in [5, 5.41) is 9.08. The van der Waals surface area contributed by atoms with Crippen LogP contribution in [0.15, 0.2) is 66.7 Å². The quantitative estimate of drug-likeness (QED) is 0.302. The molecule has 0 aliphatic heterocycles. The molecule has 1 aliphatic carbocycles. The molecule has 0 saturated carbocycles. The Morgan fingerprint density at radius 1 is 0.941 bits per heavy atom. The molecule has 1 atom stereocenters. The van der Waals surface area contributed by atoms with Crippen molar-refractivity contribution in [1.82, 2.24) is 0 Å². The molecular formula is C29H32O5. The highest BCUT2D eigenvalue weighted by Gasteiger charge is 2.24. The van der Waals surface area contributed by atoms with Crippen LogP contribution in [0.5, 0.6) is 23.0 Å². The Morgan fingerprint density at radius 2 is 1.74 bits per heavy atom. The van der Waals surface area contributed by atoms with Crippen LogP contribution in [0.1, 0.15) is 55.2 Å². The van der Waals surface area contributed by atoms with E-state index in [1.807, 2.05) is 54.6 Å². The SMILES string of the molecule is CCCc1cc(Oc2ccccc2)ccc1OCCCOc1ccc2c(c1)CC[C@H]2CC(=O)O.